The fourth-order valence-corrected chi connectivity index (χ4v) is 2.64. The minimum atomic E-state index is -0.568. The van der Waals surface area contributed by atoms with Crippen LogP contribution in [0.5, 0.6) is 0 Å². The average Bonchev–Trinajstić information content (AvgIpc) is 2.98. The molecule has 0 bridgehead atoms. The van der Waals surface area contributed by atoms with Crippen LogP contribution in [0.4, 0.5) is 20.0 Å². The number of halogens is 1. The van der Waals surface area contributed by atoms with Gasteiger partial charge in [0.1, 0.15) is 10.8 Å². The zero-order valence-electron chi connectivity index (χ0n) is 12.2. The predicted molar refractivity (Wildman–Crippen MR) is 89.1 cm³/mol. The molecule has 0 atom stereocenters. The van der Waals surface area contributed by atoms with Crippen LogP contribution in [-0.4, -0.2) is 16.2 Å². The normalized spacial score (nSPS) is 10.3. The number of carbonyl (C=O) groups excluding carboxylic acids is 1. The van der Waals surface area contributed by atoms with Crippen LogP contribution in [0.15, 0.2) is 48.5 Å². The Kier molecular flexibility index (Phi) is 4.29. The Hall–Kier alpha value is -2.80. The molecule has 2 amide bonds. The van der Waals surface area contributed by atoms with E-state index < -0.39 is 11.8 Å². The Bertz CT molecular complexity index is 832. The van der Waals surface area contributed by atoms with Crippen LogP contribution in [0, 0.1) is 12.7 Å². The average molecular weight is 328 g/mol. The first kappa shape index (κ1) is 15.1. The summed E-state index contributed by atoms with van der Waals surface area (Å²) in [4.78, 5) is 11.9. The van der Waals surface area contributed by atoms with Crippen LogP contribution in [0.25, 0.3) is 10.6 Å². The van der Waals surface area contributed by atoms with Crippen molar-refractivity contribution < 1.29 is 9.18 Å². The van der Waals surface area contributed by atoms with Crippen LogP contribution in [0.3, 0.4) is 0 Å². The van der Waals surface area contributed by atoms with Crippen LogP contribution in [0.2, 0.25) is 0 Å². The summed E-state index contributed by atoms with van der Waals surface area (Å²) < 4.78 is 13.5. The number of rotatable bonds is 3. The molecule has 0 radical (unpaired) electrons. The van der Waals surface area contributed by atoms with Crippen LogP contribution in [-0.2, 0) is 0 Å². The molecule has 0 fully saturated rings. The maximum absolute atomic E-state index is 13.5. The van der Waals surface area contributed by atoms with Crippen molar-refractivity contribution in [2.24, 2.45) is 0 Å². The van der Waals surface area contributed by atoms with Crippen molar-refractivity contribution in [3.63, 3.8) is 0 Å². The van der Waals surface area contributed by atoms with Crippen molar-refractivity contribution in [2.45, 2.75) is 6.92 Å². The lowest BCUT2D eigenvalue weighted by Gasteiger charge is -2.05. The van der Waals surface area contributed by atoms with Crippen molar-refractivity contribution in [3.8, 4) is 10.6 Å². The second kappa shape index (κ2) is 6.53. The van der Waals surface area contributed by atoms with Crippen molar-refractivity contribution in [1.29, 1.82) is 0 Å². The van der Waals surface area contributed by atoms with E-state index in [1.807, 2.05) is 31.2 Å². The quantitative estimate of drug-likeness (QED) is 0.753. The molecule has 2 N–H and O–H groups in total. The Morgan fingerprint density at radius 3 is 2.52 bits per heavy atom. The van der Waals surface area contributed by atoms with E-state index in [0.29, 0.717) is 10.1 Å². The third kappa shape index (κ3) is 3.70. The Labute approximate surface area is 136 Å². The molecule has 0 unspecified atom stereocenters. The summed E-state index contributed by atoms with van der Waals surface area (Å²) in [5.74, 6) is -0.500. The molecule has 0 aliphatic carbocycles. The van der Waals surface area contributed by atoms with E-state index in [1.165, 1.54) is 23.5 Å². The third-order valence-corrected chi connectivity index (χ3v) is 3.95. The number of amides is 2. The molecule has 116 valence electrons. The zero-order valence-corrected chi connectivity index (χ0v) is 13.0. The third-order valence-electron chi connectivity index (χ3n) is 3.07. The van der Waals surface area contributed by atoms with Crippen LogP contribution in [0.1, 0.15) is 5.56 Å². The van der Waals surface area contributed by atoms with Gasteiger partial charge in [-0.3, -0.25) is 5.32 Å². The van der Waals surface area contributed by atoms with E-state index in [4.69, 9.17) is 0 Å². The number of aromatic nitrogens is 2. The Balaban J connectivity index is 1.68. The van der Waals surface area contributed by atoms with Gasteiger partial charge in [0.15, 0.2) is 0 Å². The first-order valence-electron chi connectivity index (χ1n) is 6.85. The van der Waals surface area contributed by atoms with Gasteiger partial charge in [-0.2, -0.15) is 0 Å². The van der Waals surface area contributed by atoms with Gasteiger partial charge >= 0.3 is 6.03 Å². The number of hydrogen-bond donors (Lipinski definition) is 2. The monoisotopic (exact) mass is 328 g/mol. The van der Waals surface area contributed by atoms with Gasteiger partial charge in [0.25, 0.3) is 0 Å². The van der Waals surface area contributed by atoms with Crippen molar-refractivity contribution in [3.05, 3.63) is 59.9 Å². The van der Waals surface area contributed by atoms with Gasteiger partial charge in [-0.15, -0.1) is 10.2 Å². The zero-order chi connectivity index (χ0) is 16.2. The number of nitrogens with zero attached hydrogens (tertiary/aromatic N) is 2. The summed E-state index contributed by atoms with van der Waals surface area (Å²) in [7, 11) is 0. The Morgan fingerprint density at radius 1 is 1.04 bits per heavy atom. The molecule has 2 aromatic carbocycles. The molecule has 0 aliphatic heterocycles. The minimum absolute atomic E-state index is 0.105. The molecule has 0 saturated heterocycles. The lowest BCUT2D eigenvalue weighted by molar-refractivity contribution is 0.262. The molecular formula is C16H13FN4OS. The molecule has 1 heterocycles. The topological polar surface area (TPSA) is 66.9 Å². The SMILES string of the molecule is Cc1ccc(-c2nnc(NC(=O)Nc3ccccc3F)s2)cc1. The highest BCUT2D eigenvalue weighted by Crippen LogP contribution is 2.26. The van der Waals surface area contributed by atoms with Gasteiger partial charge in [-0.25, -0.2) is 9.18 Å². The number of para-hydroxylation sites is 1. The highest BCUT2D eigenvalue weighted by atomic mass is 32.1. The first-order chi connectivity index (χ1) is 11.1. The molecule has 1 aromatic heterocycles. The van der Waals surface area contributed by atoms with Gasteiger partial charge in [-0.05, 0) is 19.1 Å². The molecule has 7 heteroatoms. The van der Waals surface area contributed by atoms with Gasteiger partial charge in [0, 0.05) is 5.56 Å². The van der Waals surface area contributed by atoms with Gasteiger partial charge in [0.2, 0.25) is 5.13 Å². The number of hydrogen-bond acceptors (Lipinski definition) is 4. The summed E-state index contributed by atoms with van der Waals surface area (Å²) in [6.07, 6.45) is 0. The van der Waals surface area contributed by atoms with E-state index >= 15 is 0 Å². The van der Waals surface area contributed by atoms with E-state index in [-0.39, 0.29) is 5.69 Å². The molecule has 3 aromatic rings. The second-order valence-corrected chi connectivity index (χ2v) is 5.81. The first-order valence-corrected chi connectivity index (χ1v) is 7.66. The maximum atomic E-state index is 13.5. The van der Waals surface area contributed by atoms with Crippen molar-refractivity contribution in [2.75, 3.05) is 10.6 Å². The minimum Gasteiger partial charge on any atom is -0.305 e. The van der Waals surface area contributed by atoms with E-state index in [0.717, 1.165) is 11.1 Å². The van der Waals surface area contributed by atoms with E-state index in [2.05, 4.69) is 20.8 Å². The largest absolute Gasteiger partial charge is 0.325 e. The number of aryl methyl sites for hydroxylation is 1. The summed E-state index contributed by atoms with van der Waals surface area (Å²) in [5.41, 5.74) is 2.19. The highest BCUT2D eigenvalue weighted by molar-refractivity contribution is 7.18. The predicted octanol–water partition coefficient (Wildman–Crippen LogP) is 4.30. The molecule has 3 rings (SSSR count). The summed E-state index contributed by atoms with van der Waals surface area (Å²) in [6.45, 7) is 2.00. The number of nitrogens with one attached hydrogen (secondary N) is 2. The number of urea groups is 1. The maximum Gasteiger partial charge on any atom is 0.325 e. The van der Waals surface area contributed by atoms with E-state index in [9.17, 15) is 9.18 Å². The Morgan fingerprint density at radius 2 is 1.78 bits per heavy atom. The van der Waals surface area contributed by atoms with Gasteiger partial charge in [-0.1, -0.05) is 53.3 Å². The van der Waals surface area contributed by atoms with Gasteiger partial charge < -0.3 is 5.32 Å². The lowest BCUT2D eigenvalue weighted by atomic mass is 10.2. The van der Waals surface area contributed by atoms with Crippen LogP contribution >= 0.6 is 11.3 Å². The standard InChI is InChI=1S/C16H13FN4OS/c1-10-6-8-11(9-7-10)14-20-21-16(23-14)19-15(22)18-13-5-3-2-4-12(13)17/h2-9H,1H3,(H2,18,19,21,22). The highest BCUT2D eigenvalue weighted by Gasteiger charge is 2.11. The fraction of sp³-hybridized carbons (Fsp3) is 0.0625. The molecule has 5 nitrogen and oxygen atoms in total. The van der Waals surface area contributed by atoms with Gasteiger partial charge in [0.05, 0.1) is 5.69 Å². The summed E-state index contributed by atoms with van der Waals surface area (Å²) >= 11 is 1.25. The van der Waals surface area contributed by atoms with Crippen molar-refractivity contribution in [1.82, 2.24) is 10.2 Å². The molecule has 23 heavy (non-hydrogen) atoms. The van der Waals surface area contributed by atoms with E-state index in [1.54, 1.807) is 12.1 Å². The molecule has 0 spiro atoms. The lowest BCUT2D eigenvalue weighted by Crippen LogP contribution is -2.19. The number of anilines is 2. The molecular weight excluding hydrogens is 315 g/mol. The van der Waals surface area contributed by atoms with Crippen LogP contribution < -0.4 is 10.6 Å². The van der Waals surface area contributed by atoms with Crippen molar-refractivity contribution >= 4 is 28.2 Å². The second-order valence-electron chi connectivity index (χ2n) is 4.84. The molecule has 0 saturated carbocycles. The smallest absolute Gasteiger partial charge is 0.305 e. The summed E-state index contributed by atoms with van der Waals surface area (Å²) in [6, 6.07) is 13.2. The number of carbonyl (C=O) groups is 1. The molecule has 0 aliphatic rings. The fourth-order valence-electron chi connectivity index (χ4n) is 1.90. The summed E-state index contributed by atoms with van der Waals surface area (Å²) in [5, 5.41) is 14.0. The number of benzene rings is 2.